The van der Waals surface area contributed by atoms with Gasteiger partial charge in [0.1, 0.15) is 0 Å². The van der Waals surface area contributed by atoms with E-state index in [1.807, 2.05) is 0 Å². The Morgan fingerprint density at radius 1 is 1.32 bits per heavy atom. The average Bonchev–Trinajstić information content (AvgIpc) is 2.44. The number of piperazine rings is 1. The highest BCUT2D eigenvalue weighted by Gasteiger charge is 2.18. The van der Waals surface area contributed by atoms with E-state index in [0.717, 1.165) is 45.8 Å². The van der Waals surface area contributed by atoms with Gasteiger partial charge in [-0.15, -0.1) is 0 Å². The second kappa shape index (κ2) is 7.82. The number of rotatable bonds is 5. The van der Waals surface area contributed by atoms with Gasteiger partial charge in [-0.1, -0.05) is 0 Å². The highest BCUT2D eigenvalue weighted by atomic mass is 16.1. The number of piperidine rings is 1. The summed E-state index contributed by atoms with van der Waals surface area (Å²) in [4.78, 5) is 16.6. The maximum Gasteiger partial charge on any atom is 0.221 e. The fourth-order valence-electron chi connectivity index (χ4n) is 2.98. The molecule has 2 saturated heterocycles. The molecule has 0 radical (unpaired) electrons. The van der Waals surface area contributed by atoms with Gasteiger partial charge in [0, 0.05) is 52.2 Å². The summed E-state index contributed by atoms with van der Waals surface area (Å²) in [7, 11) is 2.17. The molecular formula is C14H28N4O. The molecule has 2 N–H and O–H groups in total. The van der Waals surface area contributed by atoms with Crippen LogP contribution in [-0.2, 0) is 4.79 Å². The number of nitrogens with zero attached hydrogens (tertiary/aromatic N) is 2. The van der Waals surface area contributed by atoms with Gasteiger partial charge in [-0.25, -0.2) is 0 Å². The quantitative estimate of drug-likeness (QED) is 0.721. The molecule has 0 aromatic rings. The third-order valence-electron chi connectivity index (χ3n) is 4.17. The number of likely N-dealkylation sites (tertiary alicyclic amines) is 1. The van der Waals surface area contributed by atoms with Crippen molar-refractivity contribution < 1.29 is 4.79 Å². The Kier molecular flexibility index (Phi) is 6.07. The number of amides is 1. The fraction of sp³-hybridized carbons (Fsp3) is 0.929. The Morgan fingerprint density at radius 2 is 2.11 bits per heavy atom. The van der Waals surface area contributed by atoms with Gasteiger partial charge in [-0.2, -0.15) is 0 Å². The van der Waals surface area contributed by atoms with E-state index in [1.165, 1.54) is 19.4 Å². The number of carbonyl (C=O) groups excluding carboxylic acids is 1. The van der Waals surface area contributed by atoms with Crippen LogP contribution in [-0.4, -0.2) is 75.1 Å². The van der Waals surface area contributed by atoms with Crippen LogP contribution in [0.4, 0.5) is 0 Å². The minimum atomic E-state index is 0.215. The predicted molar refractivity (Wildman–Crippen MR) is 77.2 cm³/mol. The number of carbonyl (C=O) groups is 1. The van der Waals surface area contributed by atoms with Crippen LogP contribution in [0, 0.1) is 5.92 Å². The normalized spacial score (nSPS) is 26.3. The summed E-state index contributed by atoms with van der Waals surface area (Å²) in [6.45, 7) is 8.32. The van der Waals surface area contributed by atoms with Gasteiger partial charge in [0.2, 0.25) is 5.91 Å². The van der Waals surface area contributed by atoms with E-state index < -0.39 is 0 Å². The molecule has 2 rings (SSSR count). The molecule has 0 aromatic heterocycles. The van der Waals surface area contributed by atoms with Crippen LogP contribution >= 0.6 is 0 Å². The van der Waals surface area contributed by atoms with E-state index in [9.17, 15) is 4.79 Å². The molecule has 1 atom stereocenters. The highest BCUT2D eigenvalue weighted by Crippen LogP contribution is 2.13. The van der Waals surface area contributed by atoms with Crippen molar-refractivity contribution in [2.75, 3.05) is 59.4 Å². The van der Waals surface area contributed by atoms with E-state index >= 15 is 0 Å². The molecule has 0 spiro atoms. The summed E-state index contributed by atoms with van der Waals surface area (Å²) >= 11 is 0. The Labute approximate surface area is 116 Å². The van der Waals surface area contributed by atoms with Crippen LogP contribution in [0.3, 0.4) is 0 Å². The number of nitrogens with one attached hydrogen (secondary N) is 2. The van der Waals surface area contributed by atoms with E-state index in [1.54, 1.807) is 0 Å². The summed E-state index contributed by atoms with van der Waals surface area (Å²) in [6, 6.07) is 0. The minimum Gasteiger partial charge on any atom is -0.356 e. The van der Waals surface area contributed by atoms with Crippen LogP contribution in [0.2, 0.25) is 0 Å². The summed E-state index contributed by atoms with van der Waals surface area (Å²) in [5, 5.41) is 6.43. The topological polar surface area (TPSA) is 47.6 Å². The molecule has 1 unspecified atom stereocenters. The van der Waals surface area contributed by atoms with Gasteiger partial charge in [0.05, 0.1) is 0 Å². The van der Waals surface area contributed by atoms with E-state index in [-0.39, 0.29) is 5.91 Å². The van der Waals surface area contributed by atoms with Crippen LogP contribution < -0.4 is 10.6 Å². The molecule has 5 nitrogen and oxygen atoms in total. The summed E-state index contributed by atoms with van der Waals surface area (Å²) in [6.07, 6.45) is 3.16. The van der Waals surface area contributed by atoms with Crippen molar-refractivity contribution in [3.8, 4) is 0 Å². The zero-order chi connectivity index (χ0) is 13.5. The van der Waals surface area contributed by atoms with Crippen LogP contribution in [0.25, 0.3) is 0 Å². The van der Waals surface area contributed by atoms with Gasteiger partial charge >= 0.3 is 0 Å². The van der Waals surface area contributed by atoms with Gasteiger partial charge in [0.15, 0.2) is 0 Å². The van der Waals surface area contributed by atoms with Crippen LogP contribution in [0.5, 0.6) is 0 Å². The lowest BCUT2D eigenvalue weighted by molar-refractivity contribution is -0.121. The molecule has 2 aliphatic heterocycles. The Balaban J connectivity index is 1.56. The van der Waals surface area contributed by atoms with Crippen molar-refractivity contribution in [2.45, 2.75) is 19.3 Å². The van der Waals surface area contributed by atoms with Crippen LogP contribution in [0.15, 0.2) is 0 Å². The third-order valence-corrected chi connectivity index (χ3v) is 4.17. The molecule has 110 valence electrons. The molecule has 19 heavy (non-hydrogen) atoms. The molecule has 2 fully saturated rings. The van der Waals surface area contributed by atoms with Crippen molar-refractivity contribution in [2.24, 2.45) is 5.92 Å². The summed E-state index contributed by atoms with van der Waals surface area (Å²) in [5.41, 5.74) is 0. The number of hydrogen-bond donors (Lipinski definition) is 2. The molecule has 2 aliphatic rings. The Hall–Kier alpha value is -0.650. The zero-order valence-electron chi connectivity index (χ0n) is 12.2. The second-order valence-corrected chi connectivity index (χ2v) is 5.92. The molecule has 0 bridgehead atoms. The monoisotopic (exact) mass is 268 g/mol. The van der Waals surface area contributed by atoms with E-state index in [2.05, 4.69) is 27.5 Å². The highest BCUT2D eigenvalue weighted by molar-refractivity contribution is 5.76. The van der Waals surface area contributed by atoms with Crippen molar-refractivity contribution in [1.29, 1.82) is 0 Å². The summed E-state index contributed by atoms with van der Waals surface area (Å²) in [5.74, 6) is 0.855. The maximum atomic E-state index is 11.8. The maximum absolute atomic E-state index is 11.8. The lowest BCUT2D eigenvalue weighted by Gasteiger charge is -2.30. The largest absolute Gasteiger partial charge is 0.356 e. The standard InChI is InChI=1S/C14H28N4O/c1-17-7-2-3-13(12-17)11-16-14(19)4-8-18-9-5-15-6-10-18/h13,15H,2-12H2,1H3,(H,16,19). The van der Waals surface area contributed by atoms with Gasteiger partial charge in [0.25, 0.3) is 0 Å². The SMILES string of the molecule is CN1CCCC(CNC(=O)CCN2CCNCC2)C1. The van der Waals surface area contributed by atoms with Crippen molar-refractivity contribution in [3.05, 3.63) is 0 Å². The zero-order valence-corrected chi connectivity index (χ0v) is 12.2. The number of hydrogen-bond acceptors (Lipinski definition) is 4. The first-order chi connectivity index (χ1) is 9.24. The van der Waals surface area contributed by atoms with Gasteiger partial charge in [-0.3, -0.25) is 4.79 Å². The molecule has 2 heterocycles. The first-order valence-corrected chi connectivity index (χ1v) is 7.62. The summed E-state index contributed by atoms with van der Waals surface area (Å²) < 4.78 is 0. The van der Waals surface area contributed by atoms with Crippen LogP contribution in [0.1, 0.15) is 19.3 Å². The second-order valence-electron chi connectivity index (χ2n) is 5.92. The lowest BCUT2D eigenvalue weighted by Crippen LogP contribution is -2.45. The first kappa shape index (κ1) is 14.8. The van der Waals surface area contributed by atoms with E-state index in [4.69, 9.17) is 0 Å². The molecule has 0 aromatic carbocycles. The van der Waals surface area contributed by atoms with Crippen molar-refractivity contribution >= 4 is 5.91 Å². The minimum absolute atomic E-state index is 0.215. The molecular weight excluding hydrogens is 240 g/mol. The van der Waals surface area contributed by atoms with Crippen molar-refractivity contribution in [3.63, 3.8) is 0 Å². The Morgan fingerprint density at radius 3 is 2.84 bits per heavy atom. The third kappa shape index (κ3) is 5.47. The molecule has 0 saturated carbocycles. The first-order valence-electron chi connectivity index (χ1n) is 7.62. The predicted octanol–water partition coefficient (Wildman–Crippen LogP) is -0.260. The molecule has 5 heteroatoms. The molecule has 1 amide bonds. The van der Waals surface area contributed by atoms with E-state index in [0.29, 0.717) is 12.3 Å². The van der Waals surface area contributed by atoms with Crippen molar-refractivity contribution in [1.82, 2.24) is 20.4 Å². The fourth-order valence-corrected chi connectivity index (χ4v) is 2.98. The average molecular weight is 268 g/mol. The lowest BCUT2D eigenvalue weighted by atomic mass is 9.98. The molecule has 0 aliphatic carbocycles. The van der Waals surface area contributed by atoms with Gasteiger partial charge < -0.3 is 20.4 Å². The van der Waals surface area contributed by atoms with Gasteiger partial charge in [-0.05, 0) is 32.4 Å². The Bertz CT molecular complexity index is 279. The smallest absolute Gasteiger partial charge is 0.221 e.